The number of unbranched alkanes of at least 4 members (excludes halogenated alkanes) is 1. The van der Waals surface area contributed by atoms with Gasteiger partial charge in [-0.25, -0.2) is 0 Å². The molecule has 1 N–H and O–H groups in total. The van der Waals surface area contributed by atoms with Gasteiger partial charge in [-0.3, -0.25) is 9.98 Å². The summed E-state index contributed by atoms with van der Waals surface area (Å²) in [5, 5.41) is 9.81. The number of hydrogen-bond acceptors (Lipinski definition) is 4. The van der Waals surface area contributed by atoms with Crippen LogP contribution >= 0.6 is 0 Å². The highest BCUT2D eigenvalue weighted by Gasteiger charge is 2.21. The van der Waals surface area contributed by atoms with Gasteiger partial charge in [0.1, 0.15) is 11.9 Å². The molecule has 0 bridgehead atoms. The van der Waals surface area contributed by atoms with Gasteiger partial charge in [0.2, 0.25) is 0 Å². The largest absolute Gasteiger partial charge is 0.490 e. The Morgan fingerprint density at radius 1 is 1.44 bits per heavy atom. The average molecular weight is 342 g/mol. The highest BCUT2D eigenvalue weighted by Crippen LogP contribution is 2.24. The van der Waals surface area contributed by atoms with E-state index in [0.29, 0.717) is 6.42 Å². The number of allylic oxidation sites excluding steroid dienone is 4. The highest BCUT2D eigenvalue weighted by atomic mass is 16.5. The molecule has 1 aliphatic rings. The number of nitrogens with zero attached hydrogens (tertiary/aromatic N) is 2. The van der Waals surface area contributed by atoms with E-state index in [1.807, 2.05) is 38.1 Å². The Morgan fingerprint density at radius 2 is 2.28 bits per heavy atom. The van der Waals surface area contributed by atoms with E-state index in [4.69, 9.17) is 9.73 Å². The smallest absolute Gasteiger partial charge is 0.123 e. The first-order valence-corrected chi connectivity index (χ1v) is 9.31. The van der Waals surface area contributed by atoms with Crippen LogP contribution in [-0.4, -0.2) is 28.0 Å². The fraction of sp³-hybridized carbons (Fsp3) is 0.524. The van der Waals surface area contributed by atoms with Crippen LogP contribution in [0.2, 0.25) is 0 Å². The van der Waals surface area contributed by atoms with Gasteiger partial charge >= 0.3 is 0 Å². The minimum absolute atomic E-state index is 0.0762. The van der Waals surface area contributed by atoms with E-state index in [-0.39, 0.29) is 12.2 Å². The monoisotopic (exact) mass is 342 g/mol. The fourth-order valence-electron chi connectivity index (χ4n) is 2.97. The Bertz CT molecular complexity index is 635. The predicted molar refractivity (Wildman–Crippen MR) is 103 cm³/mol. The van der Waals surface area contributed by atoms with Gasteiger partial charge in [0.05, 0.1) is 17.5 Å². The van der Waals surface area contributed by atoms with Gasteiger partial charge in [-0.15, -0.1) is 0 Å². The van der Waals surface area contributed by atoms with Crippen LogP contribution in [0.1, 0.15) is 65.0 Å². The molecule has 2 atom stereocenters. The van der Waals surface area contributed by atoms with Crippen LogP contribution < -0.4 is 4.74 Å². The van der Waals surface area contributed by atoms with E-state index >= 15 is 0 Å². The number of rotatable bonds is 7. The minimum Gasteiger partial charge on any atom is -0.490 e. The number of pyridine rings is 1. The molecule has 0 saturated heterocycles. The maximum atomic E-state index is 9.81. The van der Waals surface area contributed by atoms with Crippen molar-refractivity contribution in [3.05, 3.63) is 47.9 Å². The van der Waals surface area contributed by atoms with E-state index in [9.17, 15) is 5.11 Å². The maximum absolute atomic E-state index is 9.81. The van der Waals surface area contributed by atoms with Crippen LogP contribution in [0, 0.1) is 0 Å². The molecule has 0 radical (unpaired) electrons. The quantitative estimate of drug-likeness (QED) is 0.722. The van der Waals surface area contributed by atoms with Crippen LogP contribution in [0.3, 0.4) is 0 Å². The van der Waals surface area contributed by atoms with Crippen molar-refractivity contribution in [3.8, 4) is 5.75 Å². The number of aliphatic imine (C=N–C) groups is 1. The topological polar surface area (TPSA) is 54.7 Å². The van der Waals surface area contributed by atoms with Gasteiger partial charge in [-0.2, -0.15) is 0 Å². The second-order valence-electron chi connectivity index (χ2n) is 6.57. The number of aliphatic hydroxyl groups excluding tert-OH is 1. The van der Waals surface area contributed by atoms with Gasteiger partial charge in [0.25, 0.3) is 0 Å². The van der Waals surface area contributed by atoms with Crippen molar-refractivity contribution in [1.82, 2.24) is 4.98 Å². The lowest BCUT2D eigenvalue weighted by Gasteiger charge is -2.26. The van der Waals surface area contributed by atoms with Gasteiger partial charge in [0.15, 0.2) is 0 Å². The third-order valence-electron chi connectivity index (χ3n) is 4.24. The second kappa shape index (κ2) is 10.1. The lowest BCUT2D eigenvalue weighted by Crippen LogP contribution is -2.28. The zero-order valence-corrected chi connectivity index (χ0v) is 15.6. The molecule has 1 fully saturated rings. The summed E-state index contributed by atoms with van der Waals surface area (Å²) < 4.78 is 6.07. The van der Waals surface area contributed by atoms with E-state index in [2.05, 4.69) is 18.0 Å². The summed E-state index contributed by atoms with van der Waals surface area (Å²) in [4.78, 5) is 9.17. The molecule has 2 unspecified atom stereocenters. The summed E-state index contributed by atoms with van der Waals surface area (Å²) in [5.74, 6) is 0.788. The predicted octanol–water partition coefficient (Wildman–Crippen LogP) is 4.83. The molecule has 0 aliphatic heterocycles. The number of hydrogen-bond donors (Lipinski definition) is 1. The molecule has 1 aromatic heterocycles. The number of aliphatic hydroxyl groups is 1. The van der Waals surface area contributed by atoms with E-state index < -0.39 is 0 Å². The van der Waals surface area contributed by atoms with Gasteiger partial charge in [0, 0.05) is 24.4 Å². The SMILES string of the molecule is CC=CC(=NC(C)=CCCC)c1cc(OC2CCCC(O)C2)ccn1. The Morgan fingerprint density at radius 3 is 3.00 bits per heavy atom. The fourth-order valence-corrected chi connectivity index (χ4v) is 2.97. The van der Waals surface area contributed by atoms with Crippen molar-refractivity contribution in [2.45, 2.75) is 71.5 Å². The molecule has 1 aromatic rings. The molecule has 25 heavy (non-hydrogen) atoms. The molecular weight excluding hydrogens is 312 g/mol. The van der Waals surface area contributed by atoms with Crippen molar-refractivity contribution in [2.24, 2.45) is 4.99 Å². The van der Waals surface area contributed by atoms with Gasteiger partial charge < -0.3 is 9.84 Å². The van der Waals surface area contributed by atoms with Gasteiger partial charge in [-0.05, 0) is 51.7 Å². The second-order valence-corrected chi connectivity index (χ2v) is 6.57. The third kappa shape index (κ3) is 6.46. The van der Waals surface area contributed by atoms with Crippen LogP contribution in [-0.2, 0) is 0 Å². The van der Waals surface area contributed by atoms with Crippen LogP contribution in [0.25, 0.3) is 0 Å². The third-order valence-corrected chi connectivity index (χ3v) is 4.24. The molecule has 0 spiro atoms. The normalized spacial score (nSPS) is 22.4. The Balaban J connectivity index is 2.17. The Labute approximate surface area is 151 Å². The van der Waals surface area contributed by atoms with Crippen molar-refractivity contribution in [3.63, 3.8) is 0 Å². The summed E-state index contributed by atoms with van der Waals surface area (Å²) in [6.07, 6.45) is 13.4. The molecule has 1 aliphatic carbocycles. The van der Waals surface area contributed by atoms with E-state index in [1.165, 1.54) is 0 Å². The van der Waals surface area contributed by atoms with Crippen molar-refractivity contribution < 1.29 is 9.84 Å². The highest BCUT2D eigenvalue weighted by molar-refractivity contribution is 6.08. The van der Waals surface area contributed by atoms with Crippen molar-refractivity contribution in [1.29, 1.82) is 0 Å². The van der Waals surface area contributed by atoms with E-state index in [0.717, 1.165) is 55.0 Å². The van der Waals surface area contributed by atoms with Crippen LogP contribution in [0.4, 0.5) is 0 Å². The molecule has 2 rings (SSSR count). The first-order chi connectivity index (χ1) is 12.1. The zero-order chi connectivity index (χ0) is 18.1. The van der Waals surface area contributed by atoms with Gasteiger partial charge in [-0.1, -0.05) is 25.5 Å². The maximum Gasteiger partial charge on any atom is 0.123 e. The summed E-state index contributed by atoms with van der Waals surface area (Å²) in [6, 6.07) is 3.81. The summed E-state index contributed by atoms with van der Waals surface area (Å²) >= 11 is 0. The number of aromatic nitrogens is 1. The summed E-state index contributed by atoms with van der Waals surface area (Å²) in [6.45, 7) is 6.15. The lowest BCUT2D eigenvalue weighted by molar-refractivity contribution is 0.0536. The molecule has 4 heteroatoms. The molecule has 0 amide bonds. The first kappa shape index (κ1) is 19.4. The summed E-state index contributed by atoms with van der Waals surface area (Å²) in [7, 11) is 0. The zero-order valence-electron chi connectivity index (χ0n) is 15.6. The molecule has 136 valence electrons. The average Bonchev–Trinajstić information content (AvgIpc) is 2.60. The molecule has 0 aromatic carbocycles. The minimum atomic E-state index is -0.244. The van der Waals surface area contributed by atoms with Crippen LogP contribution in [0.15, 0.2) is 47.2 Å². The van der Waals surface area contributed by atoms with E-state index in [1.54, 1.807) is 6.20 Å². The van der Waals surface area contributed by atoms with Crippen molar-refractivity contribution in [2.75, 3.05) is 0 Å². The molecule has 1 heterocycles. The Hall–Kier alpha value is -1.94. The van der Waals surface area contributed by atoms with Crippen LogP contribution in [0.5, 0.6) is 5.75 Å². The number of ether oxygens (including phenoxy) is 1. The lowest BCUT2D eigenvalue weighted by atomic mass is 9.95. The Kier molecular flexibility index (Phi) is 7.86. The van der Waals surface area contributed by atoms with Crippen molar-refractivity contribution >= 4 is 5.71 Å². The first-order valence-electron chi connectivity index (χ1n) is 9.31. The summed E-state index contributed by atoms with van der Waals surface area (Å²) in [5.41, 5.74) is 2.64. The standard InChI is InChI=1S/C21H30N2O2/c1-4-6-9-16(3)23-20(8-5-2)21-15-19(12-13-22-21)25-18-11-7-10-17(24)14-18/h5,8-9,12-13,15,17-18,24H,4,6-7,10-11,14H2,1-3H3. The molecular formula is C21H30N2O2. The molecule has 4 nitrogen and oxygen atoms in total. The molecule has 1 saturated carbocycles.